The first-order valence-electron chi connectivity index (χ1n) is 6.12. The van der Waals surface area contributed by atoms with Crippen molar-refractivity contribution in [3.8, 4) is 11.8 Å². The normalized spacial score (nSPS) is 17.7. The zero-order valence-corrected chi connectivity index (χ0v) is 10.8. The molecule has 1 aliphatic heterocycles. The van der Waals surface area contributed by atoms with Crippen LogP contribution in [-0.2, 0) is 4.74 Å². The molecule has 0 aromatic carbocycles. The molecule has 1 aromatic heterocycles. The molecule has 2 heterocycles. The number of carbonyl (C=O) groups excluding carboxylic acids is 1. The molecule has 19 heavy (non-hydrogen) atoms. The van der Waals surface area contributed by atoms with Gasteiger partial charge in [0.1, 0.15) is 6.61 Å². The molecule has 1 N–H and O–H groups in total. The highest BCUT2D eigenvalue weighted by Crippen LogP contribution is 2.15. The number of likely N-dealkylation sites (N-methyl/N-ethyl adjacent to an activating group) is 1. The molecule has 1 fully saturated rings. The number of rotatable bonds is 2. The molecule has 1 atom stereocenters. The Morgan fingerprint density at radius 1 is 1.68 bits per heavy atom. The summed E-state index contributed by atoms with van der Waals surface area (Å²) in [7, 11) is 1.77. The molecule has 0 saturated carbocycles. The number of aliphatic hydroxyl groups is 1. The van der Waals surface area contributed by atoms with E-state index in [1.807, 2.05) is 0 Å². The number of nitrogens with zero attached hydrogens (tertiary/aromatic N) is 2. The maximum atomic E-state index is 12.4. The molecule has 100 valence electrons. The van der Waals surface area contributed by atoms with Crippen LogP contribution in [0.3, 0.4) is 0 Å². The van der Waals surface area contributed by atoms with Gasteiger partial charge in [-0.2, -0.15) is 0 Å². The van der Waals surface area contributed by atoms with Crippen LogP contribution < -0.4 is 0 Å². The summed E-state index contributed by atoms with van der Waals surface area (Å²) in [4.78, 5) is 18.1. The van der Waals surface area contributed by atoms with Crippen LogP contribution in [0.1, 0.15) is 22.3 Å². The predicted octanol–water partition coefficient (Wildman–Crippen LogP) is 0.286. The Bertz CT molecular complexity index is 513. The Morgan fingerprint density at radius 3 is 3.21 bits per heavy atom. The van der Waals surface area contributed by atoms with E-state index in [1.54, 1.807) is 24.2 Å². The third-order valence-electron chi connectivity index (χ3n) is 3.13. The second-order valence-corrected chi connectivity index (χ2v) is 4.31. The van der Waals surface area contributed by atoms with Crippen LogP contribution in [0, 0.1) is 11.8 Å². The van der Waals surface area contributed by atoms with Crippen molar-refractivity contribution < 1.29 is 14.6 Å². The lowest BCUT2D eigenvalue weighted by atomic mass is 10.1. The highest BCUT2D eigenvalue weighted by Gasteiger charge is 2.25. The van der Waals surface area contributed by atoms with Crippen molar-refractivity contribution in [3.63, 3.8) is 0 Å². The van der Waals surface area contributed by atoms with Gasteiger partial charge in [0.2, 0.25) is 0 Å². The Balaban J connectivity index is 2.22. The first-order chi connectivity index (χ1) is 9.24. The van der Waals surface area contributed by atoms with Gasteiger partial charge < -0.3 is 14.7 Å². The third kappa shape index (κ3) is 3.11. The summed E-state index contributed by atoms with van der Waals surface area (Å²) < 4.78 is 5.29. The van der Waals surface area contributed by atoms with Gasteiger partial charge in [-0.3, -0.25) is 9.78 Å². The summed E-state index contributed by atoms with van der Waals surface area (Å²) in [6.45, 7) is 1.02. The molecule has 2 rings (SSSR count). The molecule has 0 spiro atoms. The highest BCUT2D eigenvalue weighted by molar-refractivity contribution is 5.96. The summed E-state index contributed by atoms with van der Waals surface area (Å²) in [6.07, 6.45) is 3.95. The largest absolute Gasteiger partial charge is 0.384 e. The van der Waals surface area contributed by atoms with E-state index < -0.39 is 0 Å². The van der Waals surface area contributed by atoms with Gasteiger partial charge in [-0.25, -0.2) is 0 Å². The van der Waals surface area contributed by atoms with Crippen LogP contribution >= 0.6 is 0 Å². The van der Waals surface area contributed by atoms with Gasteiger partial charge in [-0.05, 0) is 12.5 Å². The zero-order chi connectivity index (χ0) is 13.7. The van der Waals surface area contributed by atoms with Crippen molar-refractivity contribution in [1.82, 2.24) is 9.88 Å². The molecule has 1 unspecified atom stereocenters. The molecular weight excluding hydrogens is 244 g/mol. The van der Waals surface area contributed by atoms with Crippen LogP contribution in [0.5, 0.6) is 0 Å². The SMILES string of the molecule is CN(C(=O)c1ccncc1C#CCO)C1CCOC1. The second-order valence-electron chi connectivity index (χ2n) is 4.31. The van der Waals surface area contributed by atoms with E-state index in [0.717, 1.165) is 6.42 Å². The second kappa shape index (κ2) is 6.32. The number of hydrogen-bond acceptors (Lipinski definition) is 4. The number of hydrogen-bond donors (Lipinski definition) is 1. The van der Waals surface area contributed by atoms with Gasteiger partial charge in [0.05, 0.1) is 23.8 Å². The summed E-state index contributed by atoms with van der Waals surface area (Å²) in [5.41, 5.74) is 1.04. The fourth-order valence-electron chi connectivity index (χ4n) is 2.00. The average molecular weight is 260 g/mol. The summed E-state index contributed by atoms with van der Waals surface area (Å²) in [5.74, 6) is 5.19. The first kappa shape index (κ1) is 13.5. The fraction of sp³-hybridized carbons (Fsp3) is 0.429. The van der Waals surface area contributed by atoms with Crippen molar-refractivity contribution >= 4 is 5.91 Å². The van der Waals surface area contributed by atoms with Crippen LogP contribution in [0.2, 0.25) is 0 Å². The smallest absolute Gasteiger partial charge is 0.255 e. The topological polar surface area (TPSA) is 62.7 Å². The lowest BCUT2D eigenvalue weighted by Gasteiger charge is -2.23. The Kier molecular flexibility index (Phi) is 4.50. The molecule has 1 saturated heterocycles. The van der Waals surface area contributed by atoms with Crippen LogP contribution in [0.4, 0.5) is 0 Å². The Morgan fingerprint density at radius 2 is 2.53 bits per heavy atom. The number of aliphatic hydroxyl groups excluding tert-OH is 1. The molecule has 0 radical (unpaired) electrons. The van der Waals surface area contributed by atoms with E-state index in [2.05, 4.69) is 16.8 Å². The minimum Gasteiger partial charge on any atom is -0.384 e. The molecular formula is C14H16N2O3. The summed E-state index contributed by atoms with van der Waals surface area (Å²) in [5, 5.41) is 8.73. The number of aromatic nitrogens is 1. The fourth-order valence-corrected chi connectivity index (χ4v) is 2.00. The maximum Gasteiger partial charge on any atom is 0.255 e. The number of ether oxygens (including phenoxy) is 1. The number of amides is 1. The van der Waals surface area contributed by atoms with Crippen molar-refractivity contribution in [2.75, 3.05) is 26.9 Å². The molecule has 0 aliphatic carbocycles. The monoisotopic (exact) mass is 260 g/mol. The van der Waals surface area contributed by atoms with Crippen molar-refractivity contribution in [2.24, 2.45) is 0 Å². The van der Waals surface area contributed by atoms with Crippen LogP contribution in [-0.4, -0.2) is 53.8 Å². The van der Waals surface area contributed by atoms with E-state index in [9.17, 15) is 4.79 Å². The third-order valence-corrected chi connectivity index (χ3v) is 3.13. The van der Waals surface area contributed by atoms with E-state index in [4.69, 9.17) is 9.84 Å². The molecule has 1 amide bonds. The minimum absolute atomic E-state index is 0.0971. The van der Waals surface area contributed by atoms with Gasteiger partial charge in [-0.1, -0.05) is 11.8 Å². The zero-order valence-electron chi connectivity index (χ0n) is 10.8. The highest BCUT2D eigenvalue weighted by atomic mass is 16.5. The van der Waals surface area contributed by atoms with Gasteiger partial charge in [-0.15, -0.1) is 0 Å². The molecule has 1 aromatic rings. The van der Waals surface area contributed by atoms with Gasteiger partial charge in [0.15, 0.2) is 0 Å². The van der Waals surface area contributed by atoms with Crippen molar-refractivity contribution in [1.29, 1.82) is 0 Å². The molecule has 5 heteroatoms. The maximum absolute atomic E-state index is 12.4. The van der Waals surface area contributed by atoms with Gasteiger partial charge >= 0.3 is 0 Å². The number of pyridine rings is 1. The lowest BCUT2D eigenvalue weighted by molar-refractivity contribution is 0.0711. The Hall–Kier alpha value is -1.90. The number of carbonyl (C=O) groups is 1. The first-order valence-corrected chi connectivity index (χ1v) is 6.12. The lowest BCUT2D eigenvalue weighted by Crippen LogP contribution is -2.37. The van der Waals surface area contributed by atoms with Gasteiger partial charge in [0, 0.05) is 26.0 Å². The van der Waals surface area contributed by atoms with E-state index >= 15 is 0 Å². The Labute approximate surface area is 112 Å². The predicted molar refractivity (Wildman–Crippen MR) is 69.5 cm³/mol. The summed E-state index contributed by atoms with van der Waals surface area (Å²) >= 11 is 0. The van der Waals surface area contributed by atoms with Crippen LogP contribution in [0.15, 0.2) is 18.5 Å². The standard InChI is InChI=1S/C14H16N2O3/c1-16(12-5-8-19-10-12)14(18)13-4-6-15-9-11(13)3-2-7-17/h4,6,9,12,17H,5,7-8,10H2,1H3. The van der Waals surface area contributed by atoms with E-state index in [-0.39, 0.29) is 18.6 Å². The minimum atomic E-state index is -0.241. The molecule has 0 bridgehead atoms. The quantitative estimate of drug-likeness (QED) is 0.776. The van der Waals surface area contributed by atoms with Crippen molar-refractivity contribution in [3.05, 3.63) is 29.6 Å². The molecule has 1 aliphatic rings. The van der Waals surface area contributed by atoms with Crippen molar-refractivity contribution in [2.45, 2.75) is 12.5 Å². The van der Waals surface area contributed by atoms with Gasteiger partial charge in [0.25, 0.3) is 5.91 Å². The summed E-state index contributed by atoms with van der Waals surface area (Å²) in [6, 6.07) is 1.76. The average Bonchev–Trinajstić information content (AvgIpc) is 2.98. The van der Waals surface area contributed by atoms with Crippen LogP contribution in [0.25, 0.3) is 0 Å². The molecule has 5 nitrogen and oxygen atoms in total. The van der Waals surface area contributed by atoms with E-state index in [0.29, 0.717) is 24.3 Å². The van der Waals surface area contributed by atoms with E-state index in [1.165, 1.54) is 6.20 Å².